The van der Waals surface area contributed by atoms with Crippen LogP contribution >= 0.6 is 11.6 Å². The van der Waals surface area contributed by atoms with Crippen molar-refractivity contribution in [1.82, 2.24) is 4.90 Å². The fourth-order valence-electron chi connectivity index (χ4n) is 3.10. The van der Waals surface area contributed by atoms with Crippen molar-refractivity contribution in [1.29, 1.82) is 0 Å². The Balaban J connectivity index is 2.18. The van der Waals surface area contributed by atoms with Gasteiger partial charge in [-0.05, 0) is 30.4 Å². The lowest BCUT2D eigenvalue weighted by Crippen LogP contribution is -2.35. The van der Waals surface area contributed by atoms with Crippen molar-refractivity contribution in [2.75, 3.05) is 6.54 Å². The van der Waals surface area contributed by atoms with E-state index in [0.717, 1.165) is 12.1 Å². The van der Waals surface area contributed by atoms with Crippen LogP contribution in [0.2, 0.25) is 5.02 Å². The summed E-state index contributed by atoms with van der Waals surface area (Å²) in [7, 11) is 0. The zero-order valence-corrected chi connectivity index (χ0v) is 13.5. The summed E-state index contributed by atoms with van der Waals surface area (Å²) in [5, 5.41) is 11.6. The Hall–Kier alpha value is -1.13. The number of benzene rings is 1. The molecule has 5 heteroatoms. The maximum Gasteiger partial charge on any atom is 0.269 e. The fourth-order valence-corrected chi connectivity index (χ4v) is 3.27. The van der Waals surface area contributed by atoms with Crippen molar-refractivity contribution in [3.8, 4) is 0 Å². The van der Waals surface area contributed by atoms with Crippen LogP contribution in [0, 0.1) is 16.0 Å². The van der Waals surface area contributed by atoms with E-state index in [1.807, 2.05) is 0 Å². The zero-order valence-electron chi connectivity index (χ0n) is 12.7. The van der Waals surface area contributed by atoms with Crippen LogP contribution < -0.4 is 0 Å². The highest BCUT2D eigenvalue weighted by Crippen LogP contribution is 2.29. The third-order valence-electron chi connectivity index (χ3n) is 4.05. The number of hydrogen-bond donors (Lipinski definition) is 0. The number of nitrogens with zero attached hydrogens (tertiary/aromatic N) is 2. The van der Waals surface area contributed by atoms with Crippen molar-refractivity contribution >= 4 is 17.3 Å². The van der Waals surface area contributed by atoms with Gasteiger partial charge in [0.2, 0.25) is 0 Å². The van der Waals surface area contributed by atoms with Gasteiger partial charge in [-0.1, -0.05) is 38.3 Å². The molecule has 0 amide bonds. The van der Waals surface area contributed by atoms with Crippen molar-refractivity contribution in [3.63, 3.8) is 0 Å². The van der Waals surface area contributed by atoms with Gasteiger partial charge in [0.15, 0.2) is 0 Å². The Morgan fingerprint density at radius 3 is 2.62 bits per heavy atom. The Morgan fingerprint density at radius 1 is 1.38 bits per heavy atom. The summed E-state index contributed by atoms with van der Waals surface area (Å²) in [6.45, 7) is 6.11. The number of halogens is 1. The summed E-state index contributed by atoms with van der Waals surface area (Å²) in [4.78, 5) is 13.0. The van der Waals surface area contributed by atoms with E-state index in [0.29, 0.717) is 23.5 Å². The average molecular weight is 311 g/mol. The van der Waals surface area contributed by atoms with Gasteiger partial charge in [-0.25, -0.2) is 0 Å². The molecule has 0 radical (unpaired) electrons. The molecule has 1 aliphatic carbocycles. The van der Waals surface area contributed by atoms with E-state index in [4.69, 9.17) is 11.6 Å². The minimum atomic E-state index is -0.359. The van der Waals surface area contributed by atoms with Crippen molar-refractivity contribution in [3.05, 3.63) is 38.9 Å². The van der Waals surface area contributed by atoms with Crippen LogP contribution in [-0.2, 0) is 6.54 Å². The Bertz CT molecular complexity index is 499. The molecule has 0 bridgehead atoms. The molecule has 0 spiro atoms. The quantitative estimate of drug-likeness (QED) is 0.567. The number of rotatable bonds is 6. The lowest BCUT2D eigenvalue weighted by atomic mass is 10.1. The maximum absolute atomic E-state index is 10.9. The standard InChI is InChI=1S/C16H23ClN2O2/c1-12(2)10-18(14-5-3-4-6-14)11-13-9-15(19(20)21)7-8-16(13)17/h7-9,12,14H,3-6,10-11H2,1-2H3. The Morgan fingerprint density at radius 2 is 2.05 bits per heavy atom. The first kappa shape index (κ1) is 16.2. The second-order valence-corrected chi connectivity index (χ2v) is 6.70. The predicted molar refractivity (Wildman–Crippen MR) is 85.6 cm³/mol. The third-order valence-corrected chi connectivity index (χ3v) is 4.42. The van der Waals surface area contributed by atoms with Gasteiger partial charge < -0.3 is 0 Å². The molecule has 1 fully saturated rings. The van der Waals surface area contributed by atoms with Crippen LogP contribution in [0.4, 0.5) is 5.69 Å². The first-order chi connectivity index (χ1) is 9.97. The van der Waals surface area contributed by atoms with Gasteiger partial charge in [0.25, 0.3) is 5.69 Å². The van der Waals surface area contributed by atoms with E-state index in [1.165, 1.54) is 31.7 Å². The summed E-state index contributed by atoms with van der Waals surface area (Å²) in [6.07, 6.45) is 5.00. The molecule has 0 unspecified atom stereocenters. The maximum atomic E-state index is 10.9. The molecule has 0 aromatic heterocycles. The molecule has 0 saturated heterocycles. The van der Waals surface area contributed by atoms with Gasteiger partial charge in [0.1, 0.15) is 0 Å². The van der Waals surface area contributed by atoms with Gasteiger partial charge in [-0.2, -0.15) is 0 Å². The summed E-state index contributed by atoms with van der Waals surface area (Å²) < 4.78 is 0. The molecular formula is C16H23ClN2O2. The molecule has 0 atom stereocenters. The highest BCUT2D eigenvalue weighted by Gasteiger charge is 2.24. The van der Waals surface area contributed by atoms with Crippen molar-refractivity contribution in [2.45, 2.75) is 52.1 Å². The van der Waals surface area contributed by atoms with Crippen LogP contribution in [0.1, 0.15) is 45.1 Å². The smallest absolute Gasteiger partial charge is 0.269 e. The molecule has 2 rings (SSSR count). The first-order valence-corrected chi connectivity index (χ1v) is 8.02. The molecule has 1 aromatic rings. The lowest BCUT2D eigenvalue weighted by Gasteiger charge is -2.30. The van der Waals surface area contributed by atoms with E-state index >= 15 is 0 Å². The summed E-state index contributed by atoms with van der Waals surface area (Å²) >= 11 is 6.24. The molecule has 4 nitrogen and oxygen atoms in total. The molecule has 116 valence electrons. The Kier molecular flexibility index (Phi) is 5.59. The lowest BCUT2D eigenvalue weighted by molar-refractivity contribution is -0.384. The largest absolute Gasteiger partial charge is 0.296 e. The van der Waals surface area contributed by atoms with Gasteiger partial charge in [0.05, 0.1) is 4.92 Å². The Labute approximate surface area is 131 Å². The number of nitro benzene ring substituents is 1. The molecule has 1 saturated carbocycles. The minimum Gasteiger partial charge on any atom is -0.296 e. The molecule has 0 aliphatic heterocycles. The molecular weight excluding hydrogens is 288 g/mol. The number of non-ortho nitro benzene ring substituents is 1. The zero-order chi connectivity index (χ0) is 15.4. The predicted octanol–water partition coefficient (Wildman–Crippen LogP) is 4.65. The van der Waals surface area contributed by atoms with Gasteiger partial charge in [0, 0.05) is 36.3 Å². The topological polar surface area (TPSA) is 46.4 Å². The first-order valence-electron chi connectivity index (χ1n) is 7.64. The van der Waals surface area contributed by atoms with Crippen molar-refractivity contribution < 1.29 is 4.92 Å². The van der Waals surface area contributed by atoms with Crippen molar-refractivity contribution in [2.24, 2.45) is 5.92 Å². The molecule has 0 N–H and O–H groups in total. The molecule has 1 aromatic carbocycles. The third kappa shape index (κ3) is 4.42. The summed E-state index contributed by atoms with van der Waals surface area (Å²) in [5.41, 5.74) is 0.976. The monoisotopic (exact) mass is 310 g/mol. The normalized spacial score (nSPS) is 16.0. The highest BCUT2D eigenvalue weighted by molar-refractivity contribution is 6.31. The molecule has 21 heavy (non-hydrogen) atoms. The highest BCUT2D eigenvalue weighted by atomic mass is 35.5. The van der Waals surface area contributed by atoms with Crippen LogP contribution in [0.15, 0.2) is 18.2 Å². The van der Waals surface area contributed by atoms with E-state index < -0.39 is 0 Å². The molecule has 1 aliphatic rings. The van der Waals surface area contributed by atoms with E-state index in [-0.39, 0.29) is 10.6 Å². The summed E-state index contributed by atoms with van der Waals surface area (Å²) in [5.74, 6) is 0.572. The summed E-state index contributed by atoms with van der Waals surface area (Å²) in [6, 6.07) is 5.30. The second kappa shape index (κ2) is 7.23. The van der Waals surface area contributed by atoms with Crippen LogP contribution in [-0.4, -0.2) is 22.4 Å². The SMILES string of the molecule is CC(C)CN(Cc1cc([N+](=O)[O-])ccc1Cl)C1CCCC1. The van der Waals surface area contributed by atoms with Crippen LogP contribution in [0.25, 0.3) is 0 Å². The second-order valence-electron chi connectivity index (χ2n) is 6.29. The minimum absolute atomic E-state index is 0.116. The average Bonchev–Trinajstić information content (AvgIpc) is 2.93. The van der Waals surface area contributed by atoms with Gasteiger partial charge in [-0.3, -0.25) is 15.0 Å². The molecule has 0 heterocycles. The van der Waals surface area contributed by atoms with Gasteiger partial charge >= 0.3 is 0 Å². The van der Waals surface area contributed by atoms with Crippen LogP contribution in [0.5, 0.6) is 0 Å². The van der Waals surface area contributed by atoms with E-state index in [1.54, 1.807) is 12.1 Å². The van der Waals surface area contributed by atoms with Crippen LogP contribution in [0.3, 0.4) is 0 Å². The number of hydrogen-bond acceptors (Lipinski definition) is 3. The van der Waals surface area contributed by atoms with Gasteiger partial charge in [-0.15, -0.1) is 0 Å². The number of nitro groups is 1. The fraction of sp³-hybridized carbons (Fsp3) is 0.625. The van der Waals surface area contributed by atoms with E-state index in [9.17, 15) is 10.1 Å². The van der Waals surface area contributed by atoms with E-state index in [2.05, 4.69) is 18.7 Å².